The Balaban J connectivity index is 4.14. The van der Waals surface area contributed by atoms with E-state index in [0.717, 1.165) is 42.3 Å². The fraction of sp³-hybridized carbons (Fsp3) is 0.944. The molecule has 0 rings (SSSR count). The lowest BCUT2D eigenvalue weighted by atomic mass is 9.83. The van der Waals surface area contributed by atoms with Crippen molar-refractivity contribution in [3.8, 4) is 0 Å². The third-order valence-corrected chi connectivity index (χ3v) is 6.89. The van der Waals surface area contributed by atoms with Gasteiger partial charge >= 0.3 is 5.97 Å². The molecule has 2 nitrogen and oxygen atoms in total. The summed E-state index contributed by atoms with van der Waals surface area (Å²) >= 11 is 0. The van der Waals surface area contributed by atoms with Crippen molar-refractivity contribution in [1.82, 2.24) is 0 Å². The summed E-state index contributed by atoms with van der Waals surface area (Å²) in [7, 11) is 0.906. The summed E-state index contributed by atoms with van der Waals surface area (Å²) in [6.45, 7) is 9.43. The van der Waals surface area contributed by atoms with Crippen molar-refractivity contribution in [2.75, 3.05) is 6.61 Å². The van der Waals surface area contributed by atoms with Crippen molar-refractivity contribution in [2.45, 2.75) is 96.9 Å². The number of rotatable bonds is 13. The molecular formula is C18H38O2Si. The van der Waals surface area contributed by atoms with Crippen LogP contribution in [0.4, 0.5) is 0 Å². The number of hydrogen-bond donors (Lipinski definition) is 0. The first-order valence-corrected chi connectivity index (χ1v) is 10.2. The highest BCUT2D eigenvalue weighted by Crippen LogP contribution is 2.42. The minimum Gasteiger partial charge on any atom is -0.466 e. The predicted octanol–water partition coefficient (Wildman–Crippen LogP) is 4.65. The first kappa shape index (κ1) is 20.7. The van der Waals surface area contributed by atoms with Crippen LogP contribution in [0.5, 0.6) is 0 Å². The van der Waals surface area contributed by atoms with Gasteiger partial charge in [0, 0.05) is 10.2 Å². The molecule has 0 saturated carbocycles. The van der Waals surface area contributed by atoms with E-state index in [1.165, 1.54) is 32.1 Å². The van der Waals surface area contributed by atoms with Gasteiger partial charge in [-0.1, -0.05) is 72.6 Å². The number of ether oxygens (including phenoxy) is 1. The predicted molar refractivity (Wildman–Crippen MR) is 95.9 cm³/mol. The van der Waals surface area contributed by atoms with Crippen LogP contribution in [0.25, 0.3) is 0 Å². The molecule has 0 aromatic carbocycles. The highest BCUT2D eigenvalue weighted by atomic mass is 28.1. The molecule has 0 aromatic rings. The molecule has 0 radical (unpaired) electrons. The van der Waals surface area contributed by atoms with Crippen molar-refractivity contribution in [3.63, 3.8) is 0 Å². The summed E-state index contributed by atoms with van der Waals surface area (Å²) < 4.78 is 5.63. The molecule has 0 bridgehead atoms. The van der Waals surface area contributed by atoms with Crippen molar-refractivity contribution in [3.05, 3.63) is 0 Å². The lowest BCUT2D eigenvalue weighted by Gasteiger charge is -2.34. The van der Waals surface area contributed by atoms with E-state index in [9.17, 15) is 4.79 Å². The van der Waals surface area contributed by atoms with Crippen LogP contribution in [0.2, 0.25) is 5.04 Å². The van der Waals surface area contributed by atoms with Crippen LogP contribution in [-0.2, 0) is 9.53 Å². The van der Waals surface area contributed by atoms with Gasteiger partial charge < -0.3 is 4.74 Å². The Hall–Kier alpha value is -0.313. The van der Waals surface area contributed by atoms with E-state index in [0.29, 0.717) is 12.5 Å². The molecule has 3 heteroatoms. The summed E-state index contributed by atoms with van der Waals surface area (Å²) in [6, 6.07) is 0. The molecule has 0 aliphatic rings. The SMILES string of the molecule is CCCCCCCCOC(=O)C([SiH3])(CC)C(CC)CCC. The Labute approximate surface area is 135 Å². The van der Waals surface area contributed by atoms with Crippen molar-refractivity contribution < 1.29 is 9.53 Å². The number of carbonyl (C=O) groups is 1. The zero-order valence-corrected chi connectivity index (χ0v) is 17.2. The van der Waals surface area contributed by atoms with Gasteiger partial charge in [-0.3, -0.25) is 4.79 Å². The second-order valence-corrected chi connectivity index (χ2v) is 8.35. The molecule has 0 saturated heterocycles. The topological polar surface area (TPSA) is 26.3 Å². The minimum absolute atomic E-state index is 0.0884. The highest BCUT2D eigenvalue weighted by molar-refractivity contribution is 6.27. The van der Waals surface area contributed by atoms with Gasteiger partial charge in [-0.15, -0.1) is 0 Å². The van der Waals surface area contributed by atoms with Gasteiger partial charge in [0.2, 0.25) is 0 Å². The van der Waals surface area contributed by atoms with Gasteiger partial charge in [0.1, 0.15) is 0 Å². The summed E-state index contributed by atoms with van der Waals surface area (Å²) in [5.41, 5.74) is 0. The van der Waals surface area contributed by atoms with Gasteiger partial charge in [-0.25, -0.2) is 0 Å². The fourth-order valence-corrected chi connectivity index (χ4v) is 3.97. The molecule has 2 atom stereocenters. The smallest absolute Gasteiger partial charge is 0.308 e. The maximum absolute atomic E-state index is 12.5. The summed E-state index contributed by atoms with van der Waals surface area (Å²) in [5, 5.41) is -0.160. The first-order valence-electron chi connectivity index (χ1n) is 9.23. The van der Waals surface area contributed by atoms with E-state index in [1.807, 2.05) is 0 Å². The fourth-order valence-electron chi connectivity index (χ4n) is 3.13. The van der Waals surface area contributed by atoms with Crippen LogP contribution in [0.3, 0.4) is 0 Å². The van der Waals surface area contributed by atoms with Gasteiger partial charge in [0.15, 0.2) is 0 Å². The van der Waals surface area contributed by atoms with E-state index in [4.69, 9.17) is 4.74 Å². The van der Waals surface area contributed by atoms with Gasteiger partial charge in [0.05, 0.1) is 11.6 Å². The average Bonchev–Trinajstić information content (AvgIpc) is 2.50. The third kappa shape index (κ3) is 7.48. The zero-order chi connectivity index (χ0) is 16.1. The van der Waals surface area contributed by atoms with Gasteiger partial charge in [0.25, 0.3) is 0 Å². The molecule has 2 unspecified atom stereocenters. The Bertz CT molecular complexity index is 268. The van der Waals surface area contributed by atoms with Gasteiger partial charge in [-0.05, 0) is 25.2 Å². The molecule has 0 heterocycles. The Morgan fingerprint density at radius 3 is 2.14 bits per heavy atom. The lowest BCUT2D eigenvalue weighted by molar-refractivity contribution is -0.149. The maximum Gasteiger partial charge on any atom is 0.308 e. The zero-order valence-electron chi connectivity index (χ0n) is 15.2. The Morgan fingerprint density at radius 2 is 1.62 bits per heavy atom. The average molecular weight is 315 g/mol. The molecule has 126 valence electrons. The molecule has 0 amide bonds. The third-order valence-electron chi connectivity index (χ3n) is 4.96. The van der Waals surface area contributed by atoms with Crippen molar-refractivity contribution in [2.24, 2.45) is 5.92 Å². The van der Waals surface area contributed by atoms with Crippen LogP contribution in [0.15, 0.2) is 0 Å². The Morgan fingerprint density at radius 1 is 1.00 bits per heavy atom. The van der Waals surface area contributed by atoms with E-state index >= 15 is 0 Å². The Kier molecular flexibility index (Phi) is 12.1. The monoisotopic (exact) mass is 314 g/mol. The maximum atomic E-state index is 12.5. The van der Waals surface area contributed by atoms with E-state index in [2.05, 4.69) is 27.7 Å². The van der Waals surface area contributed by atoms with E-state index in [-0.39, 0.29) is 11.0 Å². The summed E-state index contributed by atoms with van der Waals surface area (Å²) in [6.07, 6.45) is 11.8. The molecule has 0 N–H and O–H groups in total. The summed E-state index contributed by atoms with van der Waals surface area (Å²) in [4.78, 5) is 12.5. The first-order chi connectivity index (χ1) is 10.1. The quantitative estimate of drug-likeness (QED) is 0.281. The van der Waals surface area contributed by atoms with Crippen LogP contribution in [0, 0.1) is 5.92 Å². The molecular weight excluding hydrogens is 276 g/mol. The molecule has 0 fully saturated rings. The van der Waals surface area contributed by atoms with E-state index < -0.39 is 0 Å². The lowest BCUT2D eigenvalue weighted by Crippen LogP contribution is -2.33. The number of unbranched alkanes of at least 4 members (excludes halogenated alkanes) is 5. The molecule has 0 aliphatic carbocycles. The standard InChI is InChI=1S/C18H38O2Si/c1-5-9-10-11-12-13-15-20-17(19)18(21,8-4)16(7-3)14-6-2/h16H,5-15H2,1-4,21H3. The highest BCUT2D eigenvalue weighted by Gasteiger charge is 2.39. The second kappa shape index (κ2) is 12.3. The van der Waals surface area contributed by atoms with Crippen molar-refractivity contribution >= 4 is 16.2 Å². The molecule has 0 spiro atoms. The molecule has 21 heavy (non-hydrogen) atoms. The van der Waals surface area contributed by atoms with Crippen molar-refractivity contribution in [1.29, 1.82) is 0 Å². The van der Waals surface area contributed by atoms with Crippen LogP contribution < -0.4 is 0 Å². The second-order valence-electron chi connectivity index (χ2n) is 6.57. The molecule has 0 aromatic heterocycles. The number of carbonyl (C=O) groups excluding carboxylic acids is 1. The largest absolute Gasteiger partial charge is 0.466 e. The molecule has 0 aliphatic heterocycles. The van der Waals surface area contributed by atoms with Crippen LogP contribution >= 0.6 is 0 Å². The van der Waals surface area contributed by atoms with Crippen LogP contribution in [0.1, 0.15) is 91.9 Å². The number of hydrogen-bond acceptors (Lipinski definition) is 2. The van der Waals surface area contributed by atoms with Gasteiger partial charge in [-0.2, -0.15) is 0 Å². The van der Waals surface area contributed by atoms with E-state index in [1.54, 1.807) is 0 Å². The summed E-state index contributed by atoms with van der Waals surface area (Å²) in [5.74, 6) is 0.599. The minimum atomic E-state index is -0.160. The van der Waals surface area contributed by atoms with Crippen LogP contribution in [-0.4, -0.2) is 22.8 Å². The number of esters is 1. The normalized spacial score (nSPS) is 15.6.